The number of amides is 1. The third-order valence-corrected chi connectivity index (χ3v) is 12.2. The molecule has 5 aromatic rings. The monoisotopic (exact) mass is 729 g/mol. The van der Waals surface area contributed by atoms with Crippen LogP contribution in [0.1, 0.15) is 66.3 Å². The molecule has 51 heavy (non-hydrogen) atoms. The molecule has 1 fully saturated rings. The Labute approximate surface area is 305 Å². The van der Waals surface area contributed by atoms with Gasteiger partial charge in [0.2, 0.25) is 0 Å². The average molecular weight is 730 g/mol. The van der Waals surface area contributed by atoms with E-state index in [-0.39, 0.29) is 45.9 Å². The van der Waals surface area contributed by atoms with Gasteiger partial charge in [0.25, 0.3) is 11.6 Å². The molecule has 0 unspecified atom stereocenters. The molecule has 1 aliphatic rings. The number of aliphatic hydroxyl groups is 1. The van der Waals surface area contributed by atoms with Crippen molar-refractivity contribution in [3.05, 3.63) is 87.6 Å². The Bertz CT molecular complexity index is 2090. The summed E-state index contributed by atoms with van der Waals surface area (Å²) >= 11 is 3.60. The lowest BCUT2D eigenvalue weighted by Crippen LogP contribution is -2.41. The highest BCUT2D eigenvalue weighted by Crippen LogP contribution is 2.38. The number of thioether (sulfide) groups is 2. The first kappa shape index (κ1) is 36.5. The van der Waals surface area contributed by atoms with Crippen LogP contribution in [-0.4, -0.2) is 76.0 Å². The van der Waals surface area contributed by atoms with E-state index >= 15 is 0 Å². The molecular formula is C38H43N5O6S2. The molecule has 2 aromatic heterocycles. The number of hydrogen-bond acceptors (Lipinski definition) is 9. The summed E-state index contributed by atoms with van der Waals surface area (Å²) in [4.78, 5) is 44.8. The molecule has 1 atom stereocenters. The summed E-state index contributed by atoms with van der Waals surface area (Å²) in [6, 6.07) is 16.3. The van der Waals surface area contributed by atoms with Crippen molar-refractivity contribution >= 4 is 62.8 Å². The molecular weight excluding hydrogens is 687 g/mol. The number of Topliss-reactive ketones (excluding diaryl/α,β-unsaturated/α-hetero) is 1. The average Bonchev–Trinajstić information content (AvgIpc) is 3.85. The number of carbonyl (C=O) groups is 2. The maximum absolute atomic E-state index is 13.9. The highest BCUT2D eigenvalue weighted by atomic mass is 32.2. The second-order valence-electron chi connectivity index (χ2n) is 12.6. The molecule has 268 valence electrons. The highest BCUT2D eigenvalue weighted by Gasteiger charge is 2.38. The van der Waals surface area contributed by atoms with E-state index < -0.39 is 11.5 Å². The van der Waals surface area contributed by atoms with E-state index in [0.717, 1.165) is 57.7 Å². The van der Waals surface area contributed by atoms with Gasteiger partial charge in [-0.05, 0) is 68.0 Å². The van der Waals surface area contributed by atoms with Gasteiger partial charge in [0, 0.05) is 53.9 Å². The number of ether oxygens (including phenoxy) is 1. The number of aromatic nitrogens is 3. The Morgan fingerprint density at radius 3 is 2.57 bits per heavy atom. The van der Waals surface area contributed by atoms with Crippen molar-refractivity contribution in [2.24, 2.45) is 7.05 Å². The minimum absolute atomic E-state index is 0.0231. The van der Waals surface area contributed by atoms with Crippen LogP contribution < -0.4 is 4.74 Å². The lowest BCUT2D eigenvalue weighted by molar-refractivity contribution is -0.385. The molecule has 0 aliphatic carbocycles. The molecule has 3 aromatic carbocycles. The van der Waals surface area contributed by atoms with Gasteiger partial charge in [0.05, 0.1) is 45.9 Å². The van der Waals surface area contributed by atoms with E-state index in [1.165, 1.54) is 19.1 Å². The highest BCUT2D eigenvalue weighted by molar-refractivity contribution is 8.17. The number of fused-ring (bicyclic) bond motifs is 2. The summed E-state index contributed by atoms with van der Waals surface area (Å²) in [5.41, 5.74) is 4.14. The number of rotatable bonds is 15. The molecule has 11 nitrogen and oxygen atoms in total. The number of benzene rings is 3. The Kier molecular flexibility index (Phi) is 11.4. The Hall–Kier alpha value is -4.33. The molecule has 1 aliphatic heterocycles. The minimum atomic E-state index is -0.550. The largest absolute Gasteiger partial charge is 0.493 e. The van der Waals surface area contributed by atoms with Crippen LogP contribution in [0.4, 0.5) is 5.69 Å². The summed E-state index contributed by atoms with van der Waals surface area (Å²) in [7, 11) is 1.99. The number of hydrogen-bond donors (Lipinski definition) is 1. The first-order chi connectivity index (χ1) is 24.7. The van der Waals surface area contributed by atoms with Crippen LogP contribution >= 0.6 is 23.5 Å². The maximum Gasteiger partial charge on any atom is 0.285 e. The molecule has 0 bridgehead atoms. The van der Waals surface area contributed by atoms with Crippen molar-refractivity contribution < 1.29 is 24.4 Å². The number of aryl methyl sites for hydroxylation is 2. The first-order valence-corrected chi connectivity index (χ1v) is 19.4. The van der Waals surface area contributed by atoms with Gasteiger partial charge >= 0.3 is 0 Å². The molecule has 13 heteroatoms. The Balaban J connectivity index is 1.26. The molecule has 1 amide bonds. The van der Waals surface area contributed by atoms with Gasteiger partial charge in [0.15, 0.2) is 5.78 Å². The SMILES string of the molecule is CCSC(SCC)[C@@H]1CCCN1C(=O)c1cc(CO)c(OCCCn2c(-c3cn(C)c4ccccc34)nc3ccc(C(C)=O)cc32)cc1[N+](=O)[O-]. The van der Waals surface area contributed by atoms with Crippen LogP contribution in [0, 0.1) is 10.1 Å². The van der Waals surface area contributed by atoms with Crippen molar-refractivity contribution in [2.75, 3.05) is 24.7 Å². The maximum atomic E-state index is 13.9. The Morgan fingerprint density at radius 2 is 1.86 bits per heavy atom. The second kappa shape index (κ2) is 15.9. The van der Waals surface area contributed by atoms with Gasteiger partial charge in [0.1, 0.15) is 17.1 Å². The van der Waals surface area contributed by atoms with E-state index in [0.29, 0.717) is 30.6 Å². The predicted molar refractivity (Wildman–Crippen MR) is 205 cm³/mol. The third kappa shape index (κ3) is 7.38. The van der Waals surface area contributed by atoms with Crippen molar-refractivity contribution in [1.82, 2.24) is 19.0 Å². The summed E-state index contributed by atoms with van der Waals surface area (Å²) in [6.45, 7) is 6.48. The molecule has 3 heterocycles. The van der Waals surface area contributed by atoms with Crippen LogP contribution in [0.25, 0.3) is 33.3 Å². The summed E-state index contributed by atoms with van der Waals surface area (Å²) in [5, 5.41) is 23.7. The number of imidazole rings is 1. The molecule has 0 saturated carbocycles. The third-order valence-electron chi connectivity index (χ3n) is 9.39. The molecule has 0 spiro atoms. The van der Waals surface area contributed by atoms with Gasteiger partial charge in [-0.1, -0.05) is 32.0 Å². The van der Waals surface area contributed by atoms with Gasteiger partial charge in [-0.25, -0.2) is 4.98 Å². The standard InChI is InChI=1S/C38H43N5O6S2/c1-5-50-38(51-6-2)32-13-9-16-42(32)37(46)28-19-26(23-44)35(21-33(28)43(47)48)49-18-10-17-41-34-20-25(24(3)45)14-15-30(34)39-36(41)29-22-40(4)31-12-8-7-11-27(29)31/h7-8,11-12,14-15,19-22,32,38,44H,5-6,9-10,13,16-18,23H2,1-4H3/t32-/m0/s1. The zero-order chi connectivity index (χ0) is 36.2. The van der Waals surface area contributed by atoms with E-state index in [1.54, 1.807) is 34.5 Å². The number of nitro benzene ring substituents is 1. The van der Waals surface area contributed by atoms with Gasteiger partial charge in [-0.3, -0.25) is 19.7 Å². The number of carbonyl (C=O) groups excluding carboxylic acids is 2. The summed E-state index contributed by atoms with van der Waals surface area (Å²) in [6.07, 6.45) is 4.24. The minimum Gasteiger partial charge on any atom is -0.493 e. The van der Waals surface area contributed by atoms with E-state index in [4.69, 9.17) is 9.72 Å². The smallest absolute Gasteiger partial charge is 0.285 e. The van der Waals surface area contributed by atoms with Crippen molar-refractivity contribution in [1.29, 1.82) is 0 Å². The fourth-order valence-electron chi connectivity index (χ4n) is 6.97. The van der Waals surface area contributed by atoms with Crippen molar-refractivity contribution in [3.63, 3.8) is 0 Å². The van der Waals surface area contributed by atoms with Crippen LogP contribution in [0.15, 0.2) is 60.8 Å². The lowest BCUT2D eigenvalue weighted by Gasteiger charge is -2.31. The van der Waals surface area contributed by atoms with Gasteiger partial charge in [-0.2, -0.15) is 0 Å². The molecule has 6 rings (SSSR count). The van der Waals surface area contributed by atoms with Crippen LogP contribution in [0.5, 0.6) is 5.75 Å². The fraction of sp³-hybridized carbons (Fsp3) is 0.395. The topological polar surface area (TPSA) is 133 Å². The normalized spacial score (nSPS) is 14.6. The van der Waals surface area contributed by atoms with Crippen molar-refractivity contribution in [2.45, 2.75) is 63.8 Å². The number of nitro groups is 1. The first-order valence-electron chi connectivity index (χ1n) is 17.3. The summed E-state index contributed by atoms with van der Waals surface area (Å²) in [5.74, 6) is 2.33. The number of likely N-dealkylation sites (tertiary alicyclic amines) is 1. The number of aliphatic hydroxyl groups excluding tert-OH is 1. The predicted octanol–water partition coefficient (Wildman–Crippen LogP) is 7.70. The zero-order valence-corrected chi connectivity index (χ0v) is 31.0. The van der Waals surface area contributed by atoms with Crippen molar-refractivity contribution in [3.8, 4) is 17.1 Å². The molecule has 1 saturated heterocycles. The quantitative estimate of drug-likeness (QED) is 0.0378. The molecule has 1 N–H and O–H groups in total. The second-order valence-corrected chi connectivity index (χ2v) is 15.7. The number of nitrogens with zero attached hydrogens (tertiary/aromatic N) is 5. The summed E-state index contributed by atoms with van der Waals surface area (Å²) < 4.78 is 10.4. The van der Waals surface area contributed by atoms with Gasteiger partial charge in [-0.15, -0.1) is 23.5 Å². The van der Waals surface area contributed by atoms with Gasteiger partial charge < -0.3 is 23.9 Å². The van der Waals surface area contributed by atoms with Crippen LogP contribution in [0.2, 0.25) is 0 Å². The van der Waals surface area contributed by atoms with E-state index in [1.807, 2.05) is 31.3 Å². The zero-order valence-electron chi connectivity index (χ0n) is 29.3. The van der Waals surface area contributed by atoms with E-state index in [2.05, 4.69) is 41.3 Å². The van der Waals surface area contributed by atoms with Crippen LogP contribution in [-0.2, 0) is 20.2 Å². The van der Waals surface area contributed by atoms with Crippen LogP contribution in [0.3, 0.4) is 0 Å². The Morgan fingerprint density at radius 1 is 1.10 bits per heavy atom. The fourth-order valence-corrected chi connectivity index (χ4v) is 9.84. The number of ketones is 1. The number of para-hydroxylation sites is 1. The lowest BCUT2D eigenvalue weighted by atomic mass is 10.1. The molecule has 0 radical (unpaired) electrons. The van der Waals surface area contributed by atoms with E-state index in [9.17, 15) is 24.8 Å².